The van der Waals surface area contributed by atoms with Gasteiger partial charge < -0.3 is 9.90 Å². The predicted octanol–water partition coefficient (Wildman–Crippen LogP) is -1.92. The van der Waals surface area contributed by atoms with Crippen LogP contribution in [0.4, 0.5) is 0 Å². The number of hydrogen-bond acceptors (Lipinski definition) is 2. The Kier molecular flexibility index (Phi) is 10.4. The van der Waals surface area contributed by atoms with Crippen molar-refractivity contribution in [3.8, 4) is 0 Å². The average Bonchev–Trinajstić information content (AvgIpc) is 2.10. The SMILES string of the molecule is CC.O=C([O-])c1ccccc1.[Na+]. The Hall–Kier alpha value is -0.310. The number of hydrogen-bond donors (Lipinski definition) is 0. The van der Waals surface area contributed by atoms with Gasteiger partial charge in [-0.25, -0.2) is 0 Å². The molecule has 1 aromatic rings. The van der Waals surface area contributed by atoms with Crippen LogP contribution in [0.15, 0.2) is 30.3 Å². The summed E-state index contributed by atoms with van der Waals surface area (Å²) in [5.41, 5.74) is 0.220. The Morgan fingerprint density at radius 1 is 1.17 bits per heavy atom. The van der Waals surface area contributed by atoms with Gasteiger partial charge in [-0.3, -0.25) is 0 Å². The number of carboxylic acids is 1. The summed E-state index contributed by atoms with van der Waals surface area (Å²) in [6.07, 6.45) is 0. The molecule has 1 rings (SSSR count). The second-order valence-electron chi connectivity index (χ2n) is 1.65. The molecule has 0 aliphatic rings. The van der Waals surface area contributed by atoms with Crippen molar-refractivity contribution < 1.29 is 39.5 Å². The van der Waals surface area contributed by atoms with Crippen molar-refractivity contribution in [3.05, 3.63) is 35.9 Å². The number of aromatic carboxylic acids is 1. The largest absolute Gasteiger partial charge is 1.00 e. The molecule has 0 spiro atoms. The summed E-state index contributed by atoms with van der Waals surface area (Å²) < 4.78 is 0. The molecule has 0 radical (unpaired) electrons. The second kappa shape index (κ2) is 8.78. The van der Waals surface area contributed by atoms with E-state index in [0.717, 1.165) is 0 Å². The number of rotatable bonds is 1. The van der Waals surface area contributed by atoms with Crippen molar-refractivity contribution in [2.24, 2.45) is 0 Å². The third-order valence-corrected chi connectivity index (χ3v) is 1.01. The van der Waals surface area contributed by atoms with E-state index in [1.165, 1.54) is 12.1 Å². The molecule has 0 aromatic heterocycles. The van der Waals surface area contributed by atoms with Crippen molar-refractivity contribution in [3.63, 3.8) is 0 Å². The van der Waals surface area contributed by atoms with Crippen molar-refractivity contribution in [2.45, 2.75) is 13.8 Å². The van der Waals surface area contributed by atoms with Crippen LogP contribution in [0.5, 0.6) is 0 Å². The third-order valence-electron chi connectivity index (χ3n) is 1.01. The third kappa shape index (κ3) is 5.35. The first-order chi connectivity index (χ1) is 5.30. The molecule has 0 aliphatic heterocycles. The van der Waals surface area contributed by atoms with Gasteiger partial charge in [-0.05, 0) is 5.56 Å². The summed E-state index contributed by atoms with van der Waals surface area (Å²) in [4.78, 5) is 10.1. The van der Waals surface area contributed by atoms with Crippen LogP contribution in [0.2, 0.25) is 0 Å². The van der Waals surface area contributed by atoms with Crippen molar-refractivity contribution in [1.29, 1.82) is 0 Å². The van der Waals surface area contributed by atoms with Gasteiger partial charge in [0, 0.05) is 0 Å². The summed E-state index contributed by atoms with van der Waals surface area (Å²) in [6.45, 7) is 4.00. The van der Waals surface area contributed by atoms with E-state index in [9.17, 15) is 9.90 Å². The minimum Gasteiger partial charge on any atom is -0.545 e. The molecule has 0 N–H and O–H groups in total. The fourth-order valence-corrected chi connectivity index (χ4v) is 0.574. The van der Waals surface area contributed by atoms with Gasteiger partial charge in [0.2, 0.25) is 0 Å². The molecule has 0 saturated carbocycles. The topological polar surface area (TPSA) is 40.1 Å². The van der Waals surface area contributed by atoms with Gasteiger partial charge >= 0.3 is 29.6 Å². The number of carboxylic acid groups (broad SMARTS) is 1. The van der Waals surface area contributed by atoms with E-state index < -0.39 is 5.97 Å². The van der Waals surface area contributed by atoms with E-state index in [1.54, 1.807) is 18.2 Å². The fourth-order valence-electron chi connectivity index (χ4n) is 0.574. The molecular weight excluding hydrogens is 163 g/mol. The minimum atomic E-state index is -1.13. The van der Waals surface area contributed by atoms with Gasteiger partial charge in [0.05, 0.1) is 5.97 Å². The Labute approximate surface area is 94.9 Å². The van der Waals surface area contributed by atoms with E-state index >= 15 is 0 Å². The van der Waals surface area contributed by atoms with Gasteiger partial charge in [-0.2, -0.15) is 0 Å². The summed E-state index contributed by atoms with van der Waals surface area (Å²) in [5, 5.41) is 10.1. The molecule has 0 saturated heterocycles. The Balaban J connectivity index is 0. The predicted molar refractivity (Wildman–Crippen MR) is 42.1 cm³/mol. The molecule has 0 heterocycles. The van der Waals surface area contributed by atoms with Gasteiger partial charge in [-0.15, -0.1) is 0 Å². The first kappa shape index (κ1) is 14.2. The molecule has 3 heteroatoms. The molecule has 0 aliphatic carbocycles. The van der Waals surface area contributed by atoms with E-state index in [0.29, 0.717) is 0 Å². The molecule has 0 bridgehead atoms. The van der Waals surface area contributed by atoms with Crippen LogP contribution in [0.1, 0.15) is 24.2 Å². The van der Waals surface area contributed by atoms with Crippen LogP contribution >= 0.6 is 0 Å². The van der Waals surface area contributed by atoms with Crippen molar-refractivity contribution in [1.82, 2.24) is 0 Å². The molecule has 1 aromatic carbocycles. The Morgan fingerprint density at radius 3 is 1.83 bits per heavy atom. The number of carbonyl (C=O) groups is 1. The standard InChI is InChI=1S/C7H6O2.C2H6.Na/c8-7(9)6-4-2-1-3-5-6;1-2;/h1-5H,(H,8,9);1-2H3;/q;;+1/p-1. The normalized spacial score (nSPS) is 7.17. The monoisotopic (exact) mass is 174 g/mol. The maximum absolute atomic E-state index is 10.1. The summed E-state index contributed by atoms with van der Waals surface area (Å²) >= 11 is 0. The van der Waals surface area contributed by atoms with Crippen molar-refractivity contribution in [2.75, 3.05) is 0 Å². The molecular formula is C9H11NaO2. The average molecular weight is 174 g/mol. The van der Waals surface area contributed by atoms with Gasteiger partial charge in [-0.1, -0.05) is 44.2 Å². The number of benzene rings is 1. The maximum atomic E-state index is 10.1. The van der Waals surface area contributed by atoms with Crippen LogP contribution in [0.25, 0.3) is 0 Å². The van der Waals surface area contributed by atoms with E-state index in [4.69, 9.17) is 0 Å². The van der Waals surface area contributed by atoms with Crippen LogP contribution in [-0.2, 0) is 0 Å². The molecule has 60 valence electrons. The van der Waals surface area contributed by atoms with E-state index in [2.05, 4.69) is 0 Å². The smallest absolute Gasteiger partial charge is 0.545 e. The first-order valence-electron chi connectivity index (χ1n) is 3.57. The quantitative estimate of drug-likeness (QED) is 0.466. The molecule has 2 nitrogen and oxygen atoms in total. The molecule has 0 fully saturated rings. The van der Waals surface area contributed by atoms with Crippen LogP contribution in [0, 0.1) is 0 Å². The minimum absolute atomic E-state index is 0. The van der Waals surface area contributed by atoms with Crippen molar-refractivity contribution >= 4 is 5.97 Å². The summed E-state index contributed by atoms with van der Waals surface area (Å²) in [7, 11) is 0. The van der Waals surface area contributed by atoms with Crippen LogP contribution in [0.3, 0.4) is 0 Å². The van der Waals surface area contributed by atoms with E-state index in [1.807, 2.05) is 13.8 Å². The van der Waals surface area contributed by atoms with Gasteiger partial charge in [0.15, 0.2) is 0 Å². The Bertz CT molecular complexity index is 209. The first-order valence-corrected chi connectivity index (χ1v) is 3.57. The molecule has 0 amide bonds. The molecule has 12 heavy (non-hydrogen) atoms. The summed E-state index contributed by atoms with van der Waals surface area (Å²) in [5.74, 6) is -1.13. The molecule has 0 atom stereocenters. The fraction of sp³-hybridized carbons (Fsp3) is 0.222. The summed E-state index contributed by atoms with van der Waals surface area (Å²) in [6, 6.07) is 8.06. The van der Waals surface area contributed by atoms with Gasteiger partial charge in [0.1, 0.15) is 0 Å². The zero-order valence-corrected chi connectivity index (χ0v) is 9.70. The van der Waals surface area contributed by atoms with Crippen LogP contribution < -0.4 is 34.7 Å². The maximum Gasteiger partial charge on any atom is 1.00 e. The molecule has 0 unspecified atom stereocenters. The van der Waals surface area contributed by atoms with Gasteiger partial charge in [0.25, 0.3) is 0 Å². The number of carbonyl (C=O) groups excluding carboxylic acids is 1. The zero-order chi connectivity index (χ0) is 8.69. The van der Waals surface area contributed by atoms with E-state index in [-0.39, 0.29) is 35.1 Å². The second-order valence-corrected chi connectivity index (χ2v) is 1.65. The Morgan fingerprint density at radius 2 is 1.58 bits per heavy atom. The zero-order valence-electron chi connectivity index (χ0n) is 7.70. The van der Waals surface area contributed by atoms with Crippen LogP contribution in [-0.4, -0.2) is 5.97 Å².